The van der Waals surface area contributed by atoms with Crippen LogP contribution < -0.4 is 0 Å². The zero-order chi connectivity index (χ0) is 18.7. The number of esters is 1. The third-order valence-electron chi connectivity index (χ3n) is 5.01. The number of hydrogen-bond donors (Lipinski definition) is 0. The van der Waals surface area contributed by atoms with E-state index >= 15 is 0 Å². The summed E-state index contributed by atoms with van der Waals surface area (Å²) in [6.07, 6.45) is 5.33. The normalized spacial score (nSPS) is 22.9. The maximum absolute atomic E-state index is 12.8. The van der Waals surface area contributed by atoms with E-state index in [0.717, 1.165) is 32.1 Å². The van der Waals surface area contributed by atoms with Crippen LogP contribution >= 0.6 is 0 Å². The Balaban J connectivity index is 1.67. The van der Waals surface area contributed by atoms with Gasteiger partial charge in [0.25, 0.3) is 5.91 Å². The molecule has 0 bridgehead atoms. The van der Waals surface area contributed by atoms with E-state index in [0.29, 0.717) is 12.1 Å². The molecular formula is C17H24N2O6S. The van der Waals surface area contributed by atoms with Crippen molar-refractivity contribution in [3.05, 3.63) is 17.5 Å². The van der Waals surface area contributed by atoms with Crippen LogP contribution in [0.15, 0.2) is 10.6 Å². The van der Waals surface area contributed by atoms with Crippen LogP contribution in [0.4, 0.5) is 0 Å². The fourth-order valence-corrected chi connectivity index (χ4v) is 5.50. The molecular weight excluding hydrogens is 360 g/mol. The van der Waals surface area contributed by atoms with Crippen LogP contribution in [0, 0.1) is 6.92 Å². The van der Waals surface area contributed by atoms with Gasteiger partial charge in [0.2, 0.25) is 5.76 Å². The molecule has 3 rings (SSSR count). The van der Waals surface area contributed by atoms with Gasteiger partial charge in [0, 0.05) is 18.2 Å². The van der Waals surface area contributed by atoms with Crippen LogP contribution in [0.2, 0.25) is 0 Å². The summed E-state index contributed by atoms with van der Waals surface area (Å²) in [7, 11) is -3.11. The van der Waals surface area contributed by atoms with Gasteiger partial charge in [-0.2, -0.15) is 0 Å². The van der Waals surface area contributed by atoms with Crippen LogP contribution in [-0.2, 0) is 19.4 Å². The zero-order valence-corrected chi connectivity index (χ0v) is 15.7. The monoisotopic (exact) mass is 384 g/mol. The zero-order valence-electron chi connectivity index (χ0n) is 14.8. The van der Waals surface area contributed by atoms with Gasteiger partial charge in [0.05, 0.1) is 17.2 Å². The number of aryl methyl sites for hydroxylation is 1. The van der Waals surface area contributed by atoms with Crippen LogP contribution in [0.3, 0.4) is 0 Å². The molecule has 1 aliphatic carbocycles. The Kier molecular flexibility index (Phi) is 5.64. The summed E-state index contributed by atoms with van der Waals surface area (Å²) < 4.78 is 33.6. The maximum atomic E-state index is 12.8. The number of aromatic nitrogens is 1. The lowest BCUT2D eigenvalue weighted by atomic mass is 9.93. The third-order valence-corrected chi connectivity index (χ3v) is 6.76. The molecule has 144 valence electrons. The summed E-state index contributed by atoms with van der Waals surface area (Å²) in [6.45, 7) is 1.25. The Morgan fingerprint density at radius 3 is 2.54 bits per heavy atom. The molecule has 8 nitrogen and oxygen atoms in total. The van der Waals surface area contributed by atoms with Crippen LogP contribution in [0.5, 0.6) is 0 Å². The van der Waals surface area contributed by atoms with Gasteiger partial charge in [-0.25, -0.2) is 13.2 Å². The molecule has 2 heterocycles. The highest BCUT2D eigenvalue weighted by molar-refractivity contribution is 7.91. The Morgan fingerprint density at radius 1 is 1.23 bits per heavy atom. The molecule has 2 fully saturated rings. The molecule has 0 spiro atoms. The first-order chi connectivity index (χ1) is 12.4. The number of carbonyl (C=O) groups is 2. The lowest BCUT2D eigenvalue weighted by molar-refractivity contribution is -0.140. The van der Waals surface area contributed by atoms with E-state index in [1.54, 1.807) is 11.8 Å². The first-order valence-corrected chi connectivity index (χ1v) is 10.8. The van der Waals surface area contributed by atoms with E-state index in [1.807, 2.05) is 0 Å². The second kappa shape index (κ2) is 7.77. The molecule has 0 unspecified atom stereocenters. The average molecular weight is 384 g/mol. The number of sulfone groups is 1. The van der Waals surface area contributed by atoms with Crippen molar-refractivity contribution < 1.29 is 27.3 Å². The number of ether oxygens (including phenoxy) is 1. The largest absolute Gasteiger partial charge is 0.450 e. The predicted molar refractivity (Wildman–Crippen MR) is 92.3 cm³/mol. The highest BCUT2D eigenvalue weighted by Crippen LogP contribution is 2.28. The van der Waals surface area contributed by atoms with Crippen molar-refractivity contribution in [1.82, 2.24) is 10.1 Å². The number of rotatable bonds is 5. The molecule has 26 heavy (non-hydrogen) atoms. The lowest BCUT2D eigenvalue weighted by Crippen LogP contribution is -2.50. The van der Waals surface area contributed by atoms with E-state index in [-0.39, 0.29) is 35.3 Å². The molecule has 0 radical (unpaired) electrons. The fourth-order valence-electron chi connectivity index (χ4n) is 3.79. The minimum atomic E-state index is -3.11. The topological polar surface area (TPSA) is 107 Å². The minimum Gasteiger partial charge on any atom is -0.450 e. The van der Waals surface area contributed by atoms with Gasteiger partial charge < -0.3 is 14.2 Å². The maximum Gasteiger partial charge on any atom is 0.377 e. The molecule has 2 aliphatic rings. The number of amides is 1. The van der Waals surface area contributed by atoms with Gasteiger partial charge in [-0.15, -0.1) is 0 Å². The second-order valence-corrected chi connectivity index (χ2v) is 9.29. The quantitative estimate of drug-likeness (QED) is 0.708. The van der Waals surface area contributed by atoms with Crippen LogP contribution in [0.1, 0.15) is 54.8 Å². The fraction of sp³-hybridized carbons (Fsp3) is 0.706. The molecule has 1 atom stereocenters. The summed E-state index contributed by atoms with van der Waals surface area (Å²) in [6, 6.07) is 1.12. The highest BCUT2D eigenvalue weighted by atomic mass is 32.2. The van der Waals surface area contributed by atoms with Gasteiger partial charge >= 0.3 is 5.97 Å². The van der Waals surface area contributed by atoms with Crippen molar-refractivity contribution >= 4 is 21.7 Å². The first-order valence-electron chi connectivity index (χ1n) is 8.98. The standard InChI is InChI=1S/C17H24N2O6S/c1-12-9-15(25-18-12)17(21)24-10-16(20)19(13-5-3-2-4-6-13)14-7-8-26(22,23)11-14/h9,13-14H,2-8,10-11H2,1H3/t14-/m1/s1. The van der Waals surface area contributed by atoms with Crippen molar-refractivity contribution in [2.45, 2.75) is 57.5 Å². The minimum absolute atomic E-state index is 0.00944. The van der Waals surface area contributed by atoms with Gasteiger partial charge in [0.15, 0.2) is 16.4 Å². The third kappa shape index (κ3) is 4.44. The Morgan fingerprint density at radius 2 is 1.96 bits per heavy atom. The molecule has 0 aromatic carbocycles. The summed E-state index contributed by atoms with van der Waals surface area (Å²) in [5.74, 6) is -1.05. The second-order valence-electron chi connectivity index (χ2n) is 7.06. The average Bonchev–Trinajstić information content (AvgIpc) is 3.19. The van der Waals surface area contributed by atoms with Crippen molar-refractivity contribution in [3.8, 4) is 0 Å². The molecule has 1 saturated carbocycles. The highest BCUT2D eigenvalue weighted by Gasteiger charge is 2.38. The molecule has 1 aromatic rings. The van der Waals surface area contributed by atoms with E-state index < -0.39 is 22.4 Å². The molecule has 1 saturated heterocycles. The summed E-state index contributed by atoms with van der Waals surface area (Å²) in [5.41, 5.74) is 0.545. The van der Waals surface area contributed by atoms with Crippen LogP contribution in [-0.4, -0.2) is 60.5 Å². The smallest absolute Gasteiger partial charge is 0.377 e. The first kappa shape index (κ1) is 18.9. The predicted octanol–water partition coefficient (Wildman–Crippen LogP) is 1.49. The van der Waals surface area contributed by atoms with E-state index in [2.05, 4.69) is 5.16 Å². The molecule has 1 aromatic heterocycles. The SMILES string of the molecule is Cc1cc(C(=O)OCC(=O)N(C2CCCCC2)[C@@H]2CCS(=O)(=O)C2)on1. The number of hydrogen-bond acceptors (Lipinski definition) is 7. The molecule has 1 amide bonds. The summed E-state index contributed by atoms with van der Waals surface area (Å²) in [4.78, 5) is 26.4. The van der Waals surface area contributed by atoms with Crippen molar-refractivity contribution in [2.24, 2.45) is 0 Å². The van der Waals surface area contributed by atoms with E-state index in [4.69, 9.17) is 9.26 Å². The van der Waals surface area contributed by atoms with Crippen molar-refractivity contribution in [2.75, 3.05) is 18.1 Å². The van der Waals surface area contributed by atoms with Crippen molar-refractivity contribution in [3.63, 3.8) is 0 Å². The lowest BCUT2D eigenvalue weighted by Gasteiger charge is -2.38. The van der Waals surface area contributed by atoms with E-state index in [9.17, 15) is 18.0 Å². The Bertz CT molecular complexity index is 766. The van der Waals surface area contributed by atoms with Gasteiger partial charge in [-0.05, 0) is 26.2 Å². The van der Waals surface area contributed by atoms with Crippen LogP contribution in [0.25, 0.3) is 0 Å². The van der Waals surface area contributed by atoms with E-state index in [1.165, 1.54) is 6.07 Å². The summed E-state index contributed by atoms with van der Waals surface area (Å²) in [5, 5.41) is 3.61. The molecule has 0 N–H and O–H groups in total. The number of nitrogens with zero attached hydrogens (tertiary/aromatic N) is 2. The number of carbonyl (C=O) groups excluding carboxylic acids is 2. The Hall–Kier alpha value is -1.90. The molecule has 1 aliphatic heterocycles. The van der Waals surface area contributed by atoms with Gasteiger partial charge in [-0.3, -0.25) is 4.79 Å². The van der Waals surface area contributed by atoms with Gasteiger partial charge in [-0.1, -0.05) is 24.4 Å². The molecule has 9 heteroatoms. The van der Waals surface area contributed by atoms with Gasteiger partial charge in [0.1, 0.15) is 0 Å². The van der Waals surface area contributed by atoms with Crippen molar-refractivity contribution in [1.29, 1.82) is 0 Å². The summed E-state index contributed by atoms with van der Waals surface area (Å²) >= 11 is 0. The Labute approximate surface area is 152 Å².